The van der Waals surface area contributed by atoms with Crippen LogP contribution in [0.15, 0.2) is 37.6 Å². The van der Waals surface area contributed by atoms with Gasteiger partial charge in [-0.1, -0.05) is 39.1 Å². The number of hydrogen-bond acceptors (Lipinski definition) is 2. The van der Waals surface area contributed by atoms with E-state index in [1.807, 2.05) is 6.20 Å². The number of benzene rings is 1. The van der Waals surface area contributed by atoms with E-state index in [9.17, 15) is 0 Å². The summed E-state index contributed by atoms with van der Waals surface area (Å²) in [7, 11) is 1.67. The third-order valence-corrected chi connectivity index (χ3v) is 3.97. The summed E-state index contributed by atoms with van der Waals surface area (Å²) in [5.74, 6) is 1.36. The summed E-state index contributed by atoms with van der Waals surface area (Å²) in [6.45, 7) is 13.5. The first-order valence-electron chi connectivity index (χ1n) is 7.31. The van der Waals surface area contributed by atoms with Crippen LogP contribution in [0.2, 0.25) is 0 Å². The van der Waals surface area contributed by atoms with E-state index in [4.69, 9.17) is 4.74 Å². The summed E-state index contributed by atoms with van der Waals surface area (Å²) in [6, 6.07) is 6.99. The number of aryl methyl sites for hydroxylation is 1. The fourth-order valence-corrected chi connectivity index (χ4v) is 2.97. The molecule has 0 fully saturated rings. The molecule has 0 bridgehead atoms. The van der Waals surface area contributed by atoms with Crippen molar-refractivity contribution in [3.63, 3.8) is 0 Å². The van der Waals surface area contributed by atoms with Gasteiger partial charge in [0.25, 0.3) is 0 Å². The minimum Gasteiger partial charge on any atom is -0.497 e. The van der Waals surface area contributed by atoms with Crippen LogP contribution in [0.5, 0.6) is 0 Å². The zero-order valence-corrected chi connectivity index (χ0v) is 12.9. The van der Waals surface area contributed by atoms with E-state index in [1.165, 1.54) is 11.1 Å². The summed E-state index contributed by atoms with van der Waals surface area (Å²) in [5, 5.41) is 0. The van der Waals surface area contributed by atoms with Gasteiger partial charge in [0.05, 0.1) is 13.2 Å². The lowest BCUT2D eigenvalue weighted by atomic mass is 10.0. The maximum absolute atomic E-state index is 5.25. The Balaban J connectivity index is 2.30. The molecule has 0 saturated heterocycles. The van der Waals surface area contributed by atoms with Crippen LogP contribution in [0, 0.1) is 5.92 Å². The van der Waals surface area contributed by atoms with E-state index in [1.54, 1.807) is 7.11 Å². The van der Waals surface area contributed by atoms with Gasteiger partial charge < -0.3 is 9.64 Å². The molecule has 0 aromatic heterocycles. The van der Waals surface area contributed by atoms with Crippen molar-refractivity contribution in [1.29, 1.82) is 0 Å². The number of nitrogens with zero attached hydrogens (tertiary/aromatic N) is 1. The molecule has 0 radical (unpaired) electrons. The molecule has 0 saturated carbocycles. The molecule has 0 amide bonds. The first-order valence-corrected chi connectivity index (χ1v) is 7.31. The smallest absolute Gasteiger partial charge is 0.118 e. The standard InChI is InChI=1S/C18H25NO/c1-6-19(12-13(2)3)18-10-9-15-7-8-16(11-17(15)18)14(4)20-5/h6-8,11,13,18H,1,4,9-10,12H2,2-3,5H3. The Morgan fingerprint density at radius 1 is 1.50 bits per heavy atom. The number of rotatable bonds is 6. The third kappa shape index (κ3) is 2.90. The van der Waals surface area contributed by atoms with Crippen molar-refractivity contribution in [2.45, 2.75) is 32.7 Å². The molecule has 1 atom stereocenters. The summed E-state index contributed by atoms with van der Waals surface area (Å²) >= 11 is 0. The summed E-state index contributed by atoms with van der Waals surface area (Å²) in [6.07, 6.45) is 4.29. The average molecular weight is 271 g/mol. The Labute approximate surface area is 122 Å². The molecule has 2 heteroatoms. The second kappa shape index (κ2) is 6.17. The maximum atomic E-state index is 5.25. The van der Waals surface area contributed by atoms with E-state index in [2.05, 4.69) is 50.1 Å². The van der Waals surface area contributed by atoms with Crippen molar-refractivity contribution in [3.05, 3.63) is 54.2 Å². The maximum Gasteiger partial charge on any atom is 0.118 e. The lowest BCUT2D eigenvalue weighted by molar-refractivity contribution is 0.251. The van der Waals surface area contributed by atoms with Crippen molar-refractivity contribution < 1.29 is 4.74 Å². The minimum absolute atomic E-state index is 0.439. The highest BCUT2D eigenvalue weighted by Crippen LogP contribution is 2.37. The van der Waals surface area contributed by atoms with E-state index in [-0.39, 0.29) is 0 Å². The van der Waals surface area contributed by atoms with E-state index in [0.717, 1.165) is 30.7 Å². The molecule has 0 N–H and O–H groups in total. The van der Waals surface area contributed by atoms with E-state index in [0.29, 0.717) is 12.0 Å². The largest absolute Gasteiger partial charge is 0.497 e. The van der Waals surface area contributed by atoms with Crippen LogP contribution in [0.1, 0.15) is 43.0 Å². The fourth-order valence-electron chi connectivity index (χ4n) is 2.97. The molecule has 1 aliphatic rings. The third-order valence-electron chi connectivity index (χ3n) is 3.97. The van der Waals surface area contributed by atoms with Gasteiger partial charge >= 0.3 is 0 Å². The average Bonchev–Trinajstić information content (AvgIpc) is 2.86. The topological polar surface area (TPSA) is 12.5 Å². The Bertz CT molecular complexity index is 504. The lowest BCUT2D eigenvalue weighted by Crippen LogP contribution is -2.25. The fraction of sp³-hybridized carbons (Fsp3) is 0.444. The number of methoxy groups -OCH3 is 1. The highest BCUT2D eigenvalue weighted by molar-refractivity contribution is 5.59. The Kier molecular flexibility index (Phi) is 4.53. The SMILES string of the molecule is C=CN(CC(C)C)C1CCc2ccc(C(=C)OC)cc21. The number of fused-ring (bicyclic) bond motifs is 1. The van der Waals surface area contributed by atoms with Crippen molar-refractivity contribution in [2.24, 2.45) is 5.92 Å². The second-order valence-corrected chi connectivity index (χ2v) is 5.87. The Morgan fingerprint density at radius 3 is 2.85 bits per heavy atom. The molecule has 108 valence electrons. The van der Waals surface area contributed by atoms with Crippen LogP contribution in [0.4, 0.5) is 0 Å². The number of hydrogen-bond donors (Lipinski definition) is 0. The molecule has 2 rings (SSSR count). The number of ether oxygens (including phenoxy) is 1. The van der Waals surface area contributed by atoms with Crippen LogP contribution < -0.4 is 0 Å². The molecule has 2 nitrogen and oxygen atoms in total. The first kappa shape index (κ1) is 14.7. The quantitative estimate of drug-likeness (QED) is 0.711. The predicted octanol–water partition coefficient (Wildman–Crippen LogP) is 4.39. The molecule has 20 heavy (non-hydrogen) atoms. The van der Waals surface area contributed by atoms with E-state index >= 15 is 0 Å². The molecule has 1 aromatic rings. The molecule has 1 unspecified atom stereocenters. The monoisotopic (exact) mass is 271 g/mol. The first-order chi connectivity index (χ1) is 9.56. The van der Waals surface area contributed by atoms with Gasteiger partial charge in [0.2, 0.25) is 0 Å². The highest BCUT2D eigenvalue weighted by Gasteiger charge is 2.27. The summed E-state index contributed by atoms with van der Waals surface area (Å²) in [4.78, 5) is 2.37. The van der Waals surface area contributed by atoms with Crippen LogP contribution in [0.25, 0.3) is 5.76 Å². The predicted molar refractivity (Wildman–Crippen MR) is 85.3 cm³/mol. The second-order valence-electron chi connectivity index (χ2n) is 5.87. The molecular formula is C18H25NO. The van der Waals surface area contributed by atoms with Crippen LogP contribution in [-0.2, 0) is 11.2 Å². The van der Waals surface area contributed by atoms with Gasteiger partial charge in [-0.05, 0) is 42.2 Å². The minimum atomic E-state index is 0.439. The van der Waals surface area contributed by atoms with Crippen molar-refractivity contribution in [3.8, 4) is 0 Å². The van der Waals surface area contributed by atoms with Crippen LogP contribution >= 0.6 is 0 Å². The lowest BCUT2D eigenvalue weighted by Gasteiger charge is -2.30. The Morgan fingerprint density at radius 2 is 2.25 bits per heavy atom. The van der Waals surface area contributed by atoms with Gasteiger partial charge in [-0.3, -0.25) is 0 Å². The molecule has 1 aromatic carbocycles. The molecule has 0 heterocycles. The van der Waals surface area contributed by atoms with Gasteiger partial charge in [-0.25, -0.2) is 0 Å². The zero-order chi connectivity index (χ0) is 14.7. The molecule has 0 spiro atoms. The summed E-state index contributed by atoms with van der Waals surface area (Å²) < 4.78 is 5.25. The van der Waals surface area contributed by atoms with E-state index < -0.39 is 0 Å². The zero-order valence-electron chi connectivity index (χ0n) is 12.9. The summed E-state index contributed by atoms with van der Waals surface area (Å²) in [5.41, 5.74) is 3.92. The molecular weight excluding hydrogens is 246 g/mol. The molecule has 1 aliphatic carbocycles. The van der Waals surface area contributed by atoms with Gasteiger partial charge in [0, 0.05) is 12.1 Å². The van der Waals surface area contributed by atoms with Gasteiger partial charge in [-0.15, -0.1) is 0 Å². The van der Waals surface area contributed by atoms with Gasteiger partial charge in [-0.2, -0.15) is 0 Å². The van der Waals surface area contributed by atoms with Crippen LogP contribution in [-0.4, -0.2) is 18.6 Å². The normalized spacial score (nSPS) is 16.9. The van der Waals surface area contributed by atoms with Gasteiger partial charge in [0.15, 0.2) is 0 Å². The van der Waals surface area contributed by atoms with Crippen LogP contribution in [0.3, 0.4) is 0 Å². The van der Waals surface area contributed by atoms with Crippen molar-refractivity contribution >= 4 is 5.76 Å². The Hall–Kier alpha value is -1.70. The highest BCUT2D eigenvalue weighted by atomic mass is 16.5. The van der Waals surface area contributed by atoms with Crippen molar-refractivity contribution in [2.75, 3.05) is 13.7 Å². The van der Waals surface area contributed by atoms with Crippen molar-refractivity contribution in [1.82, 2.24) is 4.90 Å². The molecule has 0 aliphatic heterocycles. The van der Waals surface area contributed by atoms with Gasteiger partial charge in [0.1, 0.15) is 5.76 Å².